The van der Waals surface area contributed by atoms with Gasteiger partial charge in [-0.3, -0.25) is 4.98 Å². The topological polar surface area (TPSA) is 24.9 Å². The van der Waals surface area contributed by atoms with Crippen molar-refractivity contribution in [2.75, 3.05) is 6.54 Å². The van der Waals surface area contributed by atoms with Crippen molar-refractivity contribution in [1.29, 1.82) is 0 Å². The van der Waals surface area contributed by atoms with Crippen LogP contribution in [-0.2, 0) is 6.42 Å². The van der Waals surface area contributed by atoms with Crippen molar-refractivity contribution >= 4 is 10.8 Å². The summed E-state index contributed by atoms with van der Waals surface area (Å²) >= 11 is 0. The van der Waals surface area contributed by atoms with Crippen molar-refractivity contribution in [2.24, 2.45) is 0 Å². The van der Waals surface area contributed by atoms with Gasteiger partial charge < -0.3 is 5.32 Å². The molecule has 2 aromatic carbocycles. The second kappa shape index (κ2) is 7.19. The zero-order valence-corrected chi connectivity index (χ0v) is 13.0. The van der Waals surface area contributed by atoms with Crippen LogP contribution in [0, 0.1) is 0 Å². The maximum atomic E-state index is 4.69. The quantitative estimate of drug-likeness (QED) is 0.722. The zero-order valence-electron chi connectivity index (χ0n) is 13.0. The van der Waals surface area contributed by atoms with Gasteiger partial charge in [-0.25, -0.2) is 0 Å². The summed E-state index contributed by atoms with van der Waals surface area (Å²) < 4.78 is 0. The lowest BCUT2D eigenvalue weighted by molar-refractivity contribution is 0.521. The van der Waals surface area contributed by atoms with Gasteiger partial charge in [-0.2, -0.15) is 0 Å². The second-order valence-corrected chi connectivity index (χ2v) is 5.61. The van der Waals surface area contributed by atoms with E-state index in [0.29, 0.717) is 0 Å². The van der Waals surface area contributed by atoms with Crippen LogP contribution in [0.5, 0.6) is 0 Å². The van der Waals surface area contributed by atoms with Crippen molar-refractivity contribution in [1.82, 2.24) is 10.3 Å². The molecule has 1 atom stereocenters. The first-order valence-corrected chi connectivity index (χ1v) is 7.99. The van der Waals surface area contributed by atoms with Crippen molar-refractivity contribution in [3.05, 3.63) is 78.1 Å². The first-order valence-electron chi connectivity index (χ1n) is 7.99. The Hall–Kier alpha value is -2.19. The fourth-order valence-corrected chi connectivity index (χ4v) is 2.85. The average molecular weight is 290 g/mol. The SMILES string of the molecule is CCCNC(Cc1ccccc1)c1nccc2ccccc12. The van der Waals surface area contributed by atoms with Gasteiger partial charge >= 0.3 is 0 Å². The molecule has 3 rings (SSSR count). The molecule has 0 radical (unpaired) electrons. The predicted octanol–water partition coefficient (Wildman–Crippen LogP) is 4.52. The van der Waals surface area contributed by atoms with Gasteiger partial charge in [-0.1, -0.05) is 61.5 Å². The minimum atomic E-state index is 0.244. The number of nitrogens with zero attached hydrogens (tertiary/aromatic N) is 1. The number of fused-ring (bicyclic) bond motifs is 1. The molecule has 0 saturated heterocycles. The van der Waals surface area contributed by atoms with Gasteiger partial charge in [0.1, 0.15) is 0 Å². The summed E-state index contributed by atoms with van der Waals surface area (Å²) in [6.07, 6.45) is 4.00. The fraction of sp³-hybridized carbons (Fsp3) is 0.250. The monoisotopic (exact) mass is 290 g/mol. The first-order chi connectivity index (χ1) is 10.9. The summed E-state index contributed by atoms with van der Waals surface area (Å²) in [5.41, 5.74) is 2.49. The highest BCUT2D eigenvalue weighted by molar-refractivity contribution is 5.84. The Balaban J connectivity index is 1.97. The van der Waals surface area contributed by atoms with Crippen LogP contribution in [0.15, 0.2) is 66.9 Å². The third-order valence-corrected chi connectivity index (χ3v) is 3.96. The van der Waals surface area contributed by atoms with Crippen LogP contribution in [-0.4, -0.2) is 11.5 Å². The molecule has 22 heavy (non-hydrogen) atoms. The summed E-state index contributed by atoms with van der Waals surface area (Å²) in [5.74, 6) is 0. The first kappa shape index (κ1) is 14.7. The molecule has 112 valence electrons. The molecule has 1 N–H and O–H groups in total. The third-order valence-electron chi connectivity index (χ3n) is 3.96. The summed E-state index contributed by atoms with van der Waals surface area (Å²) in [6.45, 7) is 3.20. The second-order valence-electron chi connectivity index (χ2n) is 5.61. The molecule has 0 amide bonds. The Morgan fingerprint density at radius 2 is 1.73 bits per heavy atom. The van der Waals surface area contributed by atoms with E-state index in [2.05, 4.69) is 72.9 Å². The molecule has 0 bridgehead atoms. The Labute approximate surface area is 132 Å². The van der Waals surface area contributed by atoms with Crippen LogP contribution >= 0.6 is 0 Å². The number of benzene rings is 2. The highest BCUT2D eigenvalue weighted by atomic mass is 14.9. The molecule has 1 aromatic heterocycles. The molecule has 1 heterocycles. The molecule has 0 aliphatic rings. The maximum Gasteiger partial charge on any atom is 0.0654 e. The van der Waals surface area contributed by atoms with Gasteiger partial charge in [0.2, 0.25) is 0 Å². The van der Waals surface area contributed by atoms with E-state index in [1.54, 1.807) is 0 Å². The van der Waals surface area contributed by atoms with E-state index in [9.17, 15) is 0 Å². The van der Waals surface area contributed by atoms with Crippen molar-refractivity contribution in [3.8, 4) is 0 Å². The summed E-state index contributed by atoms with van der Waals surface area (Å²) in [4.78, 5) is 4.69. The summed E-state index contributed by atoms with van der Waals surface area (Å²) in [6, 6.07) is 21.5. The fourth-order valence-electron chi connectivity index (χ4n) is 2.85. The lowest BCUT2D eigenvalue weighted by atomic mass is 9.98. The predicted molar refractivity (Wildman–Crippen MR) is 92.9 cm³/mol. The molecule has 1 unspecified atom stereocenters. The molecular weight excluding hydrogens is 268 g/mol. The molecule has 0 fully saturated rings. The van der Waals surface area contributed by atoms with E-state index in [1.807, 2.05) is 6.20 Å². The molecule has 3 aromatic rings. The lowest BCUT2D eigenvalue weighted by Crippen LogP contribution is -2.25. The Kier molecular flexibility index (Phi) is 4.81. The zero-order chi connectivity index (χ0) is 15.2. The van der Waals surface area contributed by atoms with Crippen LogP contribution in [0.2, 0.25) is 0 Å². The van der Waals surface area contributed by atoms with Crippen molar-refractivity contribution in [3.63, 3.8) is 0 Å². The van der Waals surface area contributed by atoms with E-state index in [0.717, 1.165) is 25.1 Å². The van der Waals surface area contributed by atoms with Gasteiger partial charge in [0.25, 0.3) is 0 Å². The molecule has 0 aliphatic carbocycles. The van der Waals surface area contributed by atoms with Crippen LogP contribution in [0.4, 0.5) is 0 Å². The van der Waals surface area contributed by atoms with E-state index in [1.165, 1.54) is 16.3 Å². The standard InChI is InChI=1S/C20H22N2/c1-2-13-21-19(15-16-8-4-3-5-9-16)20-18-11-7-6-10-17(18)12-14-22-20/h3-12,14,19,21H,2,13,15H2,1H3. The van der Waals surface area contributed by atoms with Crippen LogP contribution in [0.1, 0.15) is 30.6 Å². The van der Waals surface area contributed by atoms with Crippen LogP contribution < -0.4 is 5.32 Å². The average Bonchev–Trinajstić information content (AvgIpc) is 2.59. The summed E-state index contributed by atoms with van der Waals surface area (Å²) in [5, 5.41) is 6.16. The number of hydrogen-bond acceptors (Lipinski definition) is 2. The Bertz CT molecular complexity index is 717. The minimum absolute atomic E-state index is 0.244. The van der Waals surface area contributed by atoms with E-state index >= 15 is 0 Å². The lowest BCUT2D eigenvalue weighted by Gasteiger charge is -2.20. The maximum absolute atomic E-state index is 4.69. The molecule has 2 nitrogen and oxygen atoms in total. The molecule has 0 spiro atoms. The summed E-state index contributed by atoms with van der Waals surface area (Å²) in [7, 11) is 0. The van der Waals surface area contributed by atoms with Crippen LogP contribution in [0.3, 0.4) is 0 Å². The minimum Gasteiger partial charge on any atom is -0.308 e. The molecular formula is C20H22N2. The largest absolute Gasteiger partial charge is 0.308 e. The number of rotatable bonds is 6. The Morgan fingerprint density at radius 1 is 0.955 bits per heavy atom. The molecule has 2 heteroatoms. The smallest absolute Gasteiger partial charge is 0.0654 e. The number of nitrogens with one attached hydrogen (secondary N) is 1. The van der Waals surface area contributed by atoms with Crippen molar-refractivity contribution < 1.29 is 0 Å². The van der Waals surface area contributed by atoms with Gasteiger partial charge in [0, 0.05) is 11.6 Å². The van der Waals surface area contributed by atoms with Gasteiger partial charge in [0.15, 0.2) is 0 Å². The van der Waals surface area contributed by atoms with Gasteiger partial charge in [0.05, 0.1) is 11.7 Å². The van der Waals surface area contributed by atoms with E-state index in [-0.39, 0.29) is 6.04 Å². The van der Waals surface area contributed by atoms with Gasteiger partial charge in [-0.15, -0.1) is 0 Å². The normalized spacial score (nSPS) is 12.4. The number of hydrogen-bond donors (Lipinski definition) is 1. The molecule has 0 aliphatic heterocycles. The van der Waals surface area contributed by atoms with E-state index in [4.69, 9.17) is 4.98 Å². The highest BCUT2D eigenvalue weighted by Crippen LogP contribution is 2.24. The van der Waals surface area contributed by atoms with Gasteiger partial charge in [-0.05, 0) is 36.4 Å². The van der Waals surface area contributed by atoms with E-state index < -0.39 is 0 Å². The molecule has 0 saturated carbocycles. The third kappa shape index (κ3) is 3.34. The number of pyridine rings is 1. The highest BCUT2D eigenvalue weighted by Gasteiger charge is 2.15. The Morgan fingerprint density at radius 3 is 2.55 bits per heavy atom. The number of aromatic nitrogens is 1. The van der Waals surface area contributed by atoms with Crippen molar-refractivity contribution in [2.45, 2.75) is 25.8 Å². The van der Waals surface area contributed by atoms with Crippen LogP contribution in [0.25, 0.3) is 10.8 Å².